The SMILES string of the molecule is Cc1ccc2c(c1)CCN2C(=O)c1cc(N2CCC(n3c4c([nH]c3=O)N=CCC4)CC2)ccn1. The second-order valence-corrected chi connectivity index (χ2v) is 9.40. The Morgan fingerprint density at radius 2 is 1.94 bits per heavy atom. The van der Waals surface area contributed by atoms with Gasteiger partial charge in [0.05, 0.1) is 5.69 Å². The van der Waals surface area contributed by atoms with E-state index in [2.05, 4.69) is 38.9 Å². The number of rotatable bonds is 3. The van der Waals surface area contributed by atoms with Crippen LogP contribution in [0.5, 0.6) is 0 Å². The van der Waals surface area contributed by atoms with E-state index in [0.29, 0.717) is 12.2 Å². The fourth-order valence-corrected chi connectivity index (χ4v) is 5.55. The lowest BCUT2D eigenvalue weighted by molar-refractivity contribution is 0.0984. The number of anilines is 2. The van der Waals surface area contributed by atoms with Gasteiger partial charge in [0, 0.05) is 49.5 Å². The van der Waals surface area contributed by atoms with Crippen LogP contribution in [0.15, 0.2) is 46.3 Å². The third kappa shape index (κ3) is 3.54. The molecule has 3 aliphatic heterocycles. The summed E-state index contributed by atoms with van der Waals surface area (Å²) in [5.74, 6) is 0.667. The van der Waals surface area contributed by atoms with Crippen LogP contribution in [-0.4, -0.2) is 46.3 Å². The molecule has 1 fully saturated rings. The first kappa shape index (κ1) is 20.9. The minimum Gasteiger partial charge on any atom is -0.371 e. The fourth-order valence-electron chi connectivity index (χ4n) is 5.55. The summed E-state index contributed by atoms with van der Waals surface area (Å²) in [6.07, 6.45) is 7.95. The van der Waals surface area contributed by atoms with Crippen molar-refractivity contribution in [2.24, 2.45) is 4.99 Å². The molecular weight excluding hydrogens is 428 g/mol. The lowest BCUT2D eigenvalue weighted by Crippen LogP contribution is -2.38. The van der Waals surface area contributed by atoms with Gasteiger partial charge in [0.15, 0.2) is 5.82 Å². The van der Waals surface area contributed by atoms with E-state index in [1.54, 1.807) is 6.20 Å². The summed E-state index contributed by atoms with van der Waals surface area (Å²) in [6.45, 7) is 4.41. The predicted octanol–water partition coefficient (Wildman–Crippen LogP) is 3.57. The van der Waals surface area contributed by atoms with E-state index in [4.69, 9.17) is 0 Å². The number of nitrogens with zero attached hydrogens (tertiary/aromatic N) is 5. The maximum absolute atomic E-state index is 13.3. The second kappa shape index (κ2) is 8.27. The average molecular weight is 457 g/mol. The molecule has 0 atom stereocenters. The molecule has 0 bridgehead atoms. The first-order valence-electron chi connectivity index (χ1n) is 12.1. The lowest BCUT2D eigenvalue weighted by atomic mass is 10.0. The molecule has 2 aromatic heterocycles. The van der Waals surface area contributed by atoms with Gasteiger partial charge in [-0.1, -0.05) is 17.7 Å². The molecule has 3 aromatic rings. The Labute approximate surface area is 198 Å². The number of hydrogen-bond acceptors (Lipinski definition) is 5. The molecule has 0 saturated carbocycles. The molecule has 0 aliphatic carbocycles. The number of aromatic amines is 1. The maximum Gasteiger partial charge on any atom is 0.327 e. The van der Waals surface area contributed by atoms with Gasteiger partial charge in [-0.05, 0) is 62.8 Å². The molecule has 34 heavy (non-hydrogen) atoms. The molecule has 5 heterocycles. The molecule has 1 amide bonds. The van der Waals surface area contributed by atoms with E-state index in [9.17, 15) is 9.59 Å². The van der Waals surface area contributed by atoms with Gasteiger partial charge in [-0.15, -0.1) is 0 Å². The summed E-state index contributed by atoms with van der Waals surface area (Å²) < 4.78 is 1.93. The molecular formula is C26H28N6O2. The van der Waals surface area contributed by atoms with Crippen molar-refractivity contribution in [1.82, 2.24) is 14.5 Å². The van der Waals surface area contributed by atoms with Crippen LogP contribution in [0.4, 0.5) is 17.2 Å². The zero-order valence-corrected chi connectivity index (χ0v) is 19.3. The highest BCUT2D eigenvalue weighted by Gasteiger charge is 2.29. The number of nitrogens with one attached hydrogen (secondary N) is 1. The van der Waals surface area contributed by atoms with Gasteiger partial charge in [0.25, 0.3) is 5.91 Å². The lowest BCUT2D eigenvalue weighted by Gasteiger charge is -2.34. The zero-order chi connectivity index (χ0) is 23.2. The van der Waals surface area contributed by atoms with Crippen molar-refractivity contribution in [1.29, 1.82) is 0 Å². The van der Waals surface area contributed by atoms with E-state index < -0.39 is 0 Å². The zero-order valence-electron chi connectivity index (χ0n) is 19.3. The number of benzene rings is 1. The van der Waals surface area contributed by atoms with Crippen LogP contribution >= 0.6 is 0 Å². The number of H-pyrrole nitrogens is 1. The summed E-state index contributed by atoms with van der Waals surface area (Å²) in [5, 5.41) is 0. The van der Waals surface area contributed by atoms with Gasteiger partial charge in [0.2, 0.25) is 0 Å². The van der Waals surface area contributed by atoms with Crippen LogP contribution in [0.3, 0.4) is 0 Å². The monoisotopic (exact) mass is 456 g/mol. The summed E-state index contributed by atoms with van der Waals surface area (Å²) in [6, 6.07) is 10.3. The Morgan fingerprint density at radius 3 is 2.79 bits per heavy atom. The number of hydrogen-bond donors (Lipinski definition) is 1. The van der Waals surface area contributed by atoms with Crippen molar-refractivity contribution >= 4 is 29.3 Å². The second-order valence-electron chi connectivity index (χ2n) is 9.40. The largest absolute Gasteiger partial charge is 0.371 e. The molecule has 0 unspecified atom stereocenters. The van der Waals surface area contributed by atoms with Gasteiger partial charge in [-0.3, -0.25) is 19.3 Å². The highest BCUT2D eigenvalue weighted by molar-refractivity contribution is 6.06. The first-order valence-corrected chi connectivity index (χ1v) is 12.1. The Balaban J connectivity index is 1.18. The number of pyridine rings is 1. The summed E-state index contributed by atoms with van der Waals surface area (Å²) in [7, 11) is 0. The van der Waals surface area contributed by atoms with Gasteiger partial charge >= 0.3 is 5.69 Å². The van der Waals surface area contributed by atoms with Gasteiger partial charge in [0.1, 0.15) is 5.69 Å². The molecule has 1 saturated heterocycles. The predicted molar refractivity (Wildman–Crippen MR) is 133 cm³/mol. The topological polar surface area (TPSA) is 86.6 Å². The quantitative estimate of drug-likeness (QED) is 0.653. The van der Waals surface area contributed by atoms with Crippen LogP contribution in [0.25, 0.3) is 0 Å². The van der Waals surface area contributed by atoms with Crippen LogP contribution in [0, 0.1) is 6.92 Å². The molecule has 1 N–H and O–H groups in total. The van der Waals surface area contributed by atoms with Crippen molar-refractivity contribution < 1.29 is 4.79 Å². The molecule has 1 aromatic carbocycles. The Kier molecular flexibility index (Phi) is 5.08. The molecule has 0 radical (unpaired) electrons. The molecule has 174 valence electrons. The average Bonchev–Trinajstić information content (AvgIpc) is 3.43. The van der Waals surface area contributed by atoms with E-state index in [1.165, 1.54) is 11.1 Å². The third-order valence-corrected chi connectivity index (χ3v) is 7.27. The van der Waals surface area contributed by atoms with E-state index in [0.717, 1.165) is 68.1 Å². The highest BCUT2D eigenvalue weighted by Crippen LogP contribution is 2.32. The van der Waals surface area contributed by atoms with Crippen LogP contribution in [-0.2, 0) is 12.8 Å². The summed E-state index contributed by atoms with van der Waals surface area (Å²) in [5.41, 5.74) is 5.89. The van der Waals surface area contributed by atoms with Gasteiger partial charge < -0.3 is 9.80 Å². The number of aromatic nitrogens is 3. The number of carbonyl (C=O) groups excluding carboxylic acids is 1. The van der Waals surface area contributed by atoms with E-state index >= 15 is 0 Å². The number of aryl methyl sites for hydroxylation is 1. The highest BCUT2D eigenvalue weighted by atomic mass is 16.2. The number of imidazole rings is 1. The number of carbonyl (C=O) groups is 1. The van der Waals surface area contributed by atoms with Crippen molar-refractivity contribution in [2.75, 3.05) is 29.4 Å². The van der Waals surface area contributed by atoms with E-state index in [-0.39, 0.29) is 17.6 Å². The number of aliphatic imine (C=N–C) groups is 1. The van der Waals surface area contributed by atoms with E-state index in [1.807, 2.05) is 33.9 Å². The Morgan fingerprint density at radius 1 is 1.09 bits per heavy atom. The van der Waals surface area contributed by atoms with Crippen LogP contribution < -0.4 is 15.5 Å². The normalized spacial score (nSPS) is 17.7. The van der Waals surface area contributed by atoms with Gasteiger partial charge in [-0.25, -0.2) is 9.79 Å². The van der Waals surface area contributed by atoms with Crippen molar-refractivity contribution in [3.05, 3.63) is 69.5 Å². The third-order valence-electron chi connectivity index (χ3n) is 7.27. The number of fused-ring (bicyclic) bond motifs is 2. The molecule has 6 rings (SSSR count). The Bertz CT molecular complexity index is 1350. The first-order chi connectivity index (χ1) is 16.6. The Hall–Kier alpha value is -3.68. The smallest absolute Gasteiger partial charge is 0.327 e. The summed E-state index contributed by atoms with van der Waals surface area (Å²) >= 11 is 0. The fraction of sp³-hybridized carbons (Fsp3) is 0.385. The minimum atomic E-state index is -0.0552. The van der Waals surface area contributed by atoms with Crippen LogP contribution in [0.1, 0.15) is 52.6 Å². The molecule has 0 spiro atoms. The summed E-state index contributed by atoms with van der Waals surface area (Å²) in [4.78, 5) is 41.7. The maximum atomic E-state index is 13.3. The minimum absolute atomic E-state index is 0.0506. The standard InChI is InChI=1S/C26H28N6O2/c1-17-4-5-22-18(15-17)7-14-31(22)25(33)21-16-20(6-11-27-21)30-12-8-19(9-13-30)32-23-3-2-10-28-24(23)29-26(32)34/h4-6,10-11,15-16,19H,2-3,7-9,12-14H2,1H3,(H,29,34). The van der Waals surface area contributed by atoms with Crippen molar-refractivity contribution in [3.63, 3.8) is 0 Å². The van der Waals surface area contributed by atoms with Crippen LogP contribution in [0.2, 0.25) is 0 Å². The molecule has 8 heteroatoms. The van der Waals surface area contributed by atoms with Gasteiger partial charge in [-0.2, -0.15) is 0 Å². The molecule has 3 aliphatic rings. The van der Waals surface area contributed by atoms with Crippen molar-refractivity contribution in [2.45, 2.75) is 45.1 Å². The van der Waals surface area contributed by atoms with Crippen molar-refractivity contribution in [3.8, 4) is 0 Å². The number of piperidine rings is 1. The number of amides is 1. The molecule has 8 nitrogen and oxygen atoms in total.